The molecule has 0 saturated heterocycles. The second kappa shape index (κ2) is 7.68. The molecule has 0 spiro atoms. The standard InChI is InChI=1S/C16H24N2O4/c1-16(2,3)18-15(20)9-14(19)17-10-11-6-7-12(21-4)13(8-11)22-5/h6-8H,9-10H2,1-5H3,(H,17,19)(H,18,20). The molecule has 0 aromatic heterocycles. The minimum Gasteiger partial charge on any atom is -0.493 e. The summed E-state index contributed by atoms with van der Waals surface area (Å²) < 4.78 is 10.4. The van der Waals surface area contributed by atoms with Crippen molar-refractivity contribution in [3.8, 4) is 11.5 Å². The fourth-order valence-electron chi connectivity index (χ4n) is 1.86. The highest BCUT2D eigenvalue weighted by atomic mass is 16.5. The van der Waals surface area contributed by atoms with Gasteiger partial charge < -0.3 is 20.1 Å². The van der Waals surface area contributed by atoms with Crippen molar-refractivity contribution in [2.75, 3.05) is 14.2 Å². The second-order valence-corrected chi connectivity index (χ2v) is 5.94. The number of amides is 2. The van der Waals surface area contributed by atoms with Crippen LogP contribution in [0.5, 0.6) is 11.5 Å². The van der Waals surface area contributed by atoms with Gasteiger partial charge in [-0.15, -0.1) is 0 Å². The van der Waals surface area contributed by atoms with Crippen molar-refractivity contribution in [3.63, 3.8) is 0 Å². The second-order valence-electron chi connectivity index (χ2n) is 5.94. The Morgan fingerprint density at radius 3 is 2.23 bits per heavy atom. The lowest BCUT2D eigenvalue weighted by Gasteiger charge is -2.20. The molecule has 2 amide bonds. The van der Waals surface area contributed by atoms with Gasteiger partial charge in [0.25, 0.3) is 0 Å². The SMILES string of the molecule is COc1ccc(CNC(=O)CC(=O)NC(C)(C)C)cc1OC. The molecule has 0 bridgehead atoms. The first-order valence-electron chi connectivity index (χ1n) is 7.04. The van der Waals surface area contributed by atoms with Crippen LogP contribution in [-0.4, -0.2) is 31.6 Å². The van der Waals surface area contributed by atoms with E-state index < -0.39 is 0 Å². The van der Waals surface area contributed by atoms with Gasteiger partial charge in [0.2, 0.25) is 11.8 Å². The Balaban J connectivity index is 2.52. The normalized spacial score (nSPS) is 10.8. The third kappa shape index (κ3) is 6.03. The van der Waals surface area contributed by atoms with Gasteiger partial charge in [-0.25, -0.2) is 0 Å². The first-order valence-corrected chi connectivity index (χ1v) is 7.04. The predicted octanol–water partition coefficient (Wildman–Crippen LogP) is 1.62. The van der Waals surface area contributed by atoms with E-state index >= 15 is 0 Å². The molecular weight excluding hydrogens is 284 g/mol. The quantitative estimate of drug-likeness (QED) is 0.783. The highest BCUT2D eigenvalue weighted by Crippen LogP contribution is 2.27. The van der Waals surface area contributed by atoms with E-state index in [1.54, 1.807) is 26.4 Å². The van der Waals surface area contributed by atoms with Crippen LogP contribution in [0.15, 0.2) is 18.2 Å². The van der Waals surface area contributed by atoms with E-state index in [9.17, 15) is 9.59 Å². The van der Waals surface area contributed by atoms with E-state index in [-0.39, 0.29) is 23.8 Å². The van der Waals surface area contributed by atoms with Gasteiger partial charge in [0.1, 0.15) is 6.42 Å². The fourth-order valence-corrected chi connectivity index (χ4v) is 1.86. The summed E-state index contributed by atoms with van der Waals surface area (Å²) in [5.74, 6) is 0.607. The van der Waals surface area contributed by atoms with Crippen LogP contribution in [0, 0.1) is 0 Å². The fraction of sp³-hybridized carbons (Fsp3) is 0.500. The number of methoxy groups -OCH3 is 2. The third-order valence-corrected chi connectivity index (χ3v) is 2.77. The van der Waals surface area contributed by atoms with Gasteiger partial charge in [0, 0.05) is 12.1 Å². The zero-order valence-corrected chi connectivity index (χ0v) is 13.8. The van der Waals surface area contributed by atoms with Crippen LogP contribution in [0.3, 0.4) is 0 Å². The lowest BCUT2D eigenvalue weighted by atomic mass is 10.1. The molecule has 6 nitrogen and oxygen atoms in total. The first-order chi connectivity index (χ1) is 10.2. The van der Waals surface area contributed by atoms with Gasteiger partial charge in [-0.05, 0) is 38.5 Å². The van der Waals surface area contributed by atoms with E-state index in [0.29, 0.717) is 18.0 Å². The molecule has 0 radical (unpaired) electrons. The summed E-state index contributed by atoms with van der Waals surface area (Å²) in [6.07, 6.45) is -0.190. The van der Waals surface area contributed by atoms with Gasteiger partial charge >= 0.3 is 0 Å². The molecular formula is C16H24N2O4. The summed E-state index contributed by atoms with van der Waals surface area (Å²) in [6, 6.07) is 5.39. The van der Waals surface area contributed by atoms with E-state index in [1.165, 1.54) is 0 Å². The smallest absolute Gasteiger partial charge is 0.229 e. The topological polar surface area (TPSA) is 76.7 Å². The van der Waals surface area contributed by atoms with Gasteiger partial charge in [0.15, 0.2) is 11.5 Å². The molecule has 122 valence electrons. The number of benzene rings is 1. The number of carbonyl (C=O) groups excluding carboxylic acids is 2. The predicted molar refractivity (Wildman–Crippen MR) is 83.9 cm³/mol. The Hall–Kier alpha value is -2.24. The number of rotatable bonds is 6. The van der Waals surface area contributed by atoms with Crippen molar-refractivity contribution >= 4 is 11.8 Å². The lowest BCUT2D eigenvalue weighted by Crippen LogP contribution is -2.42. The highest BCUT2D eigenvalue weighted by molar-refractivity contribution is 5.97. The summed E-state index contributed by atoms with van der Waals surface area (Å²) >= 11 is 0. The van der Waals surface area contributed by atoms with Crippen LogP contribution in [0.2, 0.25) is 0 Å². The molecule has 0 unspecified atom stereocenters. The Labute approximate surface area is 131 Å². The van der Waals surface area contributed by atoms with Gasteiger partial charge in [-0.1, -0.05) is 6.07 Å². The molecule has 0 aliphatic carbocycles. The molecule has 0 aliphatic rings. The zero-order chi connectivity index (χ0) is 16.8. The average Bonchev–Trinajstić information content (AvgIpc) is 2.42. The van der Waals surface area contributed by atoms with Crippen LogP contribution in [0.1, 0.15) is 32.8 Å². The molecule has 1 aromatic carbocycles. The van der Waals surface area contributed by atoms with E-state index in [0.717, 1.165) is 5.56 Å². The third-order valence-electron chi connectivity index (χ3n) is 2.77. The molecule has 2 N–H and O–H groups in total. The van der Waals surface area contributed by atoms with Gasteiger partial charge in [-0.2, -0.15) is 0 Å². The summed E-state index contributed by atoms with van der Waals surface area (Å²) in [7, 11) is 3.12. The van der Waals surface area contributed by atoms with Crippen LogP contribution in [-0.2, 0) is 16.1 Å². The van der Waals surface area contributed by atoms with Crippen molar-refractivity contribution in [3.05, 3.63) is 23.8 Å². The summed E-state index contributed by atoms with van der Waals surface area (Å²) in [4.78, 5) is 23.4. The number of hydrogen-bond acceptors (Lipinski definition) is 4. The van der Waals surface area contributed by atoms with E-state index in [1.807, 2.05) is 26.8 Å². The van der Waals surface area contributed by atoms with E-state index in [4.69, 9.17) is 9.47 Å². The van der Waals surface area contributed by atoms with Gasteiger partial charge in [0.05, 0.1) is 14.2 Å². The van der Waals surface area contributed by atoms with Crippen molar-refractivity contribution < 1.29 is 19.1 Å². The highest BCUT2D eigenvalue weighted by Gasteiger charge is 2.16. The molecule has 0 atom stereocenters. The lowest BCUT2D eigenvalue weighted by molar-refractivity contribution is -0.130. The largest absolute Gasteiger partial charge is 0.493 e. The minimum absolute atomic E-state index is 0.190. The van der Waals surface area contributed by atoms with Crippen molar-refractivity contribution in [1.29, 1.82) is 0 Å². The molecule has 1 aromatic rings. The average molecular weight is 308 g/mol. The van der Waals surface area contributed by atoms with Crippen molar-refractivity contribution in [1.82, 2.24) is 10.6 Å². The minimum atomic E-state index is -0.347. The Kier molecular flexibility index (Phi) is 6.22. The number of nitrogens with one attached hydrogen (secondary N) is 2. The molecule has 0 aliphatic heterocycles. The summed E-state index contributed by atoms with van der Waals surface area (Å²) in [5, 5.41) is 5.45. The summed E-state index contributed by atoms with van der Waals surface area (Å²) in [6.45, 7) is 5.92. The van der Waals surface area contributed by atoms with Crippen molar-refractivity contribution in [2.45, 2.75) is 39.3 Å². The Morgan fingerprint density at radius 1 is 1.05 bits per heavy atom. The number of carbonyl (C=O) groups is 2. The zero-order valence-electron chi connectivity index (χ0n) is 13.8. The van der Waals surface area contributed by atoms with Crippen LogP contribution >= 0.6 is 0 Å². The molecule has 22 heavy (non-hydrogen) atoms. The van der Waals surface area contributed by atoms with Crippen LogP contribution < -0.4 is 20.1 Å². The molecule has 0 fully saturated rings. The number of ether oxygens (including phenoxy) is 2. The number of hydrogen-bond donors (Lipinski definition) is 2. The Morgan fingerprint density at radius 2 is 1.68 bits per heavy atom. The van der Waals surface area contributed by atoms with Gasteiger partial charge in [-0.3, -0.25) is 9.59 Å². The summed E-state index contributed by atoms with van der Waals surface area (Å²) in [5.41, 5.74) is 0.517. The van der Waals surface area contributed by atoms with Crippen LogP contribution in [0.25, 0.3) is 0 Å². The monoisotopic (exact) mass is 308 g/mol. The molecule has 0 heterocycles. The van der Waals surface area contributed by atoms with Crippen molar-refractivity contribution in [2.24, 2.45) is 0 Å². The maximum atomic E-state index is 11.8. The first kappa shape index (κ1) is 17.8. The van der Waals surface area contributed by atoms with E-state index in [2.05, 4.69) is 10.6 Å². The maximum absolute atomic E-state index is 11.8. The molecule has 1 rings (SSSR count). The Bertz CT molecular complexity index is 535. The maximum Gasteiger partial charge on any atom is 0.229 e. The van der Waals surface area contributed by atoms with Crippen LogP contribution in [0.4, 0.5) is 0 Å². The molecule has 0 saturated carbocycles. The molecule has 6 heteroatoms.